The second kappa shape index (κ2) is 9.54. The van der Waals surface area contributed by atoms with Crippen LogP contribution in [0.5, 0.6) is 0 Å². The molecule has 5 aromatic rings. The fourth-order valence-electron chi connectivity index (χ4n) is 5.39. The summed E-state index contributed by atoms with van der Waals surface area (Å²) in [6.07, 6.45) is 2.04. The zero-order valence-electron chi connectivity index (χ0n) is 21.5. The van der Waals surface area contributed by atoms with E-state index in [-0.39, 0.29) is 12.1 Å². The zero-order chi connectivity index (χ0) is 26.4. The summed E-state index contributed by atoms with van der Waals surface area (Å²) in [6.45, 7) is 6.46. The van der Waals surface area contributed by atoms with Gasteiger partial charge in [0, 0.05) is 22.5 Å². The highest BCUT2D eigenvalue weighted by atomic mass is 35.5. The van der Waals surface area contributed by atoms with Crippen LogP contribution >= 0.6 is 11.6 Å². The van der Waals surface area contributed by atoms with E-state index in [1.165, 1.54) is 0 Å². The molecule has 6 nitrogen and oxygen atoms in total. The topological polar surface area (TPSA) is 55.1 Å². The standard InChI is InChI=1S/C31H28ClN5O/c1-20-16-21(2)18-25(17-20)33-31(38)36-19-27-22(3)34-37(26-8-5-4-6-9-26)30(27)35-15-7-10-28(35)29(36)23-11-13-24(32)14-12-23/h4-18,29H,19H2,1-3H3,(H,33,38)/t29-/m1/s1. The second-order valence-corrected chi connectivity index (χ2v) is 10.3. The molecule has 6 rings (SSSR count). The summed E-state index contributed by atoms with van der Waals surface area (Å²) in [4.78, 5) is 16.0. The number of nitrogens with zero attached hydrogens (tertiary/aromatic N) is 4. The average Bonchev–Trinajstić information content (AvgIpc) is 3.45. The lowest BCUT2D eigenvalue weighted by Crippen LogP contribution is -2.38. The molecule has 1 atom stereocenters. The van der Waals surface area contributed by atoms with Gasteiger partial charge >= 0.3 is 6.03 Å². The third-order valence-electron chi connectivity index (χ3n) is 7.01. The molecule has 0 saturated carbocycles. The van der Waals surface area contributed by atoms with Crippen LogP contribution in [0.25, 0.3) is 11.5 Å². The number of carbonyl (C=O) groups is 1. The highest BCUT2D eigenvalue weighted by molar-refractivity contribution is 6.30. The smallest absolute Gasteiger partial charge is 0.308 e. The van der Waals surface area contributed by atoms with Gasteiger partial charge in [-0.1, -0.05) is 48.0 Å². The van der Waals surface area contributed by atoms with E-state index < -0.39 is 0 Å². The van der Waals surface area contributed by atoms with Crippen molar-refractivity contribution in [2.75, 3.05) is 5.32 Å². The Bertz CT molecular complexity index is 1610. The zero-order valence-corrected chi connectivity index (χ0v) is 22.3. The average molecular weight is 522 g/mol. The number of halogens is 1. The number of nitrogens with one attached hydrogen (secondary N) is 1. The van der Waals surface area contributed by atoms with Gasteiger partial charge in [0.1, 0.15) is 5.82 Å². The largest absolute Gasteiger partial charge is 0.322 e. The number of urea groups is 1. The van der Waals surface area contributed by atoms with Crippen LogP contribution in [0, 0.1) is 20.8 Å². The normalized spacial score (nSPS) is 14.5. The molecule has 0 fully saturated rings. The number of aryl methyl sites for hydroxylation is 3. The SMILES string of the molecule is Cc1cc(C)cc(NC(=O)N2Cc3c(C)nn(-c4ccccc4)c3-n3cccc3[C@H]2c2ccc(Cl)cc2)c1. The van der Waals surface area contributed by atoms with Gasteiger partial charge in [0.05, 0.1) is 29.7 Å². The number of fused-ring (bicyclic) bond motifs is 3. The molecule has 1 N–H and O–H groups in total. The minimum Gasteiger partial charge on any atom is -0.308 e. The minimum atomic E-state index is -0.343. The predicted octanol–water partition coefficient (Wildman–Crippen LogP) is 7.38. The number of hydrogen-bond donors (Lipinski definition) is 1. The summed E-state index contributed by atoms with van der Waals surface area (Å²) in [5.74, 6) is 0.939. The molecule has 190 valence electrons. The molecular formula is C31H28ClN5O. The van der Waals surface area contributed by atoms with E-state index in [2.05, 4.69) is 22.0 Å². The van der Waals surface area contributed by atoms with Gasteiger partial charge in [-0.05, 0) is 86.0 Å². The van der Waals surface area contributed by atoms with Gasteiger partial charge in [-0.3, -0.25) is 0 Å². The quantitative estimate of drug-likeness (QED) is 0.269. The maximum absolute atomic E-state index is 14.1. The summed E-state index contributed by atoms with van der Waals surface area (Å²) >= 11 is 6.25. The lowest BCUT2D eigenvalue weighted by atomic mass is 10.0. The van der Waals surface area contributed by atoms with Crippen molar-refractivity contribution in [1.82, 2.24) is 19.2 Å². The first-order valence-corrected chi connectivity index (χ1v) is 13.0. The van der Waals surface area contributed by atoms with Gasteiger partial charge < -0.3 is 14.8 Å². The van der Waals surface area contributed by atoms with Crippen LogP contribution in [0.4, 0.5) is 10.5 Å². The summed E-state index contributed by atoms with van der Waals surface area (Å²) in [7, 11) is 0. The van der Waals surface area contributed by atoms with Crippen molar-refractivity contribution in [1.29, 1.82) is 0 Å². The molecule has 0 saturated heterocycles. The highest BCUT2D eigenvalue weighted by Gasteiger charge is 2.36. The van der Waals surface area contributed by atoms with Crippen molar-refractivity contribution >= 4 is 23.3 Å². The molecule has 1 aliphatic rings. The first-order chi connectivity index (χ1) is 18.4. The Kier molecular flexibility index (Phi) is 6.04. The maximum atomic E-state index is 14.1. The fourth-order valence-corrected chi connectivity index (χ4v) is 5.51. The van der Waals surface area contributed by atoms with Crippen LogP contribution in [0.3, 0.4) is 0 Å². The monoisotopic (exact) mass is 521 g/mol. The number of benzene rings is 3. The van der Waals surface area contributed by atoms with Crippen LogP contribution < -0.4 is 5.32 Å². The molecule has 7 heteroatoms. The first-order valence-electron chi connectivity index (χ1n) is 12.6. The van der Waals surface area contributed by atoms with Crippen LogP contribution in [0.1, 0.15) is 39.7 Å². The summed E-state index contributed by atoms with van der Waals surface area (Å²) in [6, 6.07) is 27.5. The molecule has 3 heterocycles. The second-order valence-electron chi connectivity index (χ2n) is 9.83. The van der Waals surface area contributed by atoms with Crippen molar-refractivity contribution in [3.63, 3.8) is 0 Å². The molecule has 2 amide bonds. The molecule has 0 radical (unpaired) electrons. The summed E-state index contributed by atoms with van der Waals surface area (Å²) < 4.78 is 4.13. The first kappa shape index (κ1) is 24.1. The van der Waals surface area contributed by atoms with Crippen molar-refractivity contribution in [3.05, 3.63) is 130 Å². The number of para-hydroxylation sites is 1. The lowest BCUT2D eigenvalue weighted by Gasteiger charge is -2.31. The number of carbonyl (C=O) groups excluding carboxylic acids is 1. The molecule has 38 heavy (non-hydrogen) atoms. The minimum absolute atomic E-state index is 0.178. The molecule has 0 bridgehead atoms. The van der Waals surface area contributed by atoms with Crippen LogP contribution in [-0.2, 0) is 6.54 Å². The van der Waals surface area contributed by atoms with Crippen molar-refractivity contribution in [2.24, 2.45) is 0 Å². The van der Waals surface area contributed by atoms with Crippen LogP contribution in [0.15, 0.2) is 91.1 Å². The molecule has 1 aliphatic heterocycles. The van der Waals surface area contributed by atoms with Gasteiger partial charge in [0.2, 0.25) is 0 Å². The fraction of sp³-hybridized carbons (Fsp3) is 0.161. The van der Waals surface area contributed by atoms with Gasteiger partial charge in [0.25, 0.3) is 0 Å². The summed E-state index contributed by atoms with van der Waals surface area (Å²) in [5, 5.41) is 8.74. The van der Waals surface area contributed by atoms with Crippen molar-refractivity contribution in [2.45, 2.75) is 33.4 Å². The Morgan fingerprint density at radius 1 is 0.921 bits per heavy atom. The van der Waals surface area contributed by atoms with Crippen molar-refractivity contribution in [3.8, 4) is 11.5 Å². The van der Waals surface area contributed by atoms with E-state index in [1.54, 1.807) is 0 Å². The Labute approximate surface area is 227 Å². The Morgan fingerprint density at radius 2 is 1.63 bits per heavy atom. The number of aromatic nitrogens is 3. The highest BCUT2D eigenvalue weighted by Crippen LogP contribution is 2.39. The van der Waals surface area contributed by atoms with E-state index in [9.17, 15) is 4.79 Å². The number of rotatable bonds is 3. The van der Waals surface area contributed by atoms with Gasteiger partial charge in [0.15, 0.2) is 0 Å². The molecule has 3 aromatic carbocycles. The lowest BCUT2D eigenvalue weighted by molar-refractivity contribution is 0.194. The van der Waals surface area contributed by atoms with Gasteiger partial charge in [-0.2, -0.15) is 5.10 Å². The molecule has 0 spiro atoms. The predicted molar refractivity (Wildman–Crippen MR) is 151 cm³/mol. The molecule has 2 aromatic heterocycles. The number of amides is 2. The van der Waals surface area contributed by atoms with Crippen LogP contribution in [0.2, 0.25) is 5.02 Å². The van der Waals surface area contributed by atoms with Gasteiger partial charge in [-0.15, -0.1) is 0 Å². The Balaban J connectivity index is 1.53. The van der Waals surface area contributed by atoms with E-state index in [0.717, 1.165) is 50.8 Å². The summed E-state index contributed by atoms with van der Waals surface area (Å²) in [5.41, 5.74) is 7.77. The Morgan fingerprint density at radius 3 is 2.34 bits per heavy atom. The van der Waals surface area contributed by atoms with Crippen molar-refractivity contribution < 1.29 is 4.79 Å². The van der Waals surface area contributed by atoms with E-state index in [0.29, 0.717) is 11.6 Å². The van der Waals surface area contributed by atoms with Crippen LogP contribution in [-0.4, -0.2) is 25.3 Å². The van der Waals surface area contributed by atoms with E-state index >= 15 is 0 Å². The molecule has 0 aliphatic carbocycles. The molecule has 0 unspecified atom stereocenters. The Hall–Kier alpha value is -4.29. The third kappa shape index (κ3) is 4.27. The van der Waals surface area contributed by atoms with Gasteiger partial charge in [-0.25, -0.2) is 9.48 Å². The number of anilines is 1. The van der Waals surface area contributed by atoms with E-state index in [4.69, 9.17) is 16.7 Å². The maximum Gasteiger partial charge on any atom is 0.322 e. The number of hydrogen-bond acceptors (Lipinski definition) is 2. The van der Waals surface area contributed by atoms with E-state index in [1.807, 2.05) is 109 Å². The molecular weight excluding hydrogens is 494 g/mol. The third-order valence-corrected chi connectivity index (χ3v) is 7.26.